The average molecular weight is 1000 g/mol. The predicted octanol–water partition coefficient (Wildman–Crippen LogP) is 20.7. The number of hydrogen-bond donors (Lipinski definition) is 0. The SMILES string of the molecule is CC/C=C\C/C=C\C/C=C\C/C=C\C/C=C\C/C=C\C/C=C\CCCCCCCCCC(=O)OCC(COC(=O)CCCCCCCCCCC)OC(=O)CCCCCCCCCCCCCCCCCC. The van der Waals surface area contributed by atoms with Crippen molar-refractivity contribution >= 4 is 17.9 Å². The summed E-state index contributed by atoms with van der Waals surface area (Å²) in [6.45, 7) is 6.52. The van der Waals surface area contributed by atoms with Crippen LogP contribution in [0.2, 0.25) is 0 Å². The molecule has 1 unspecified atom stereocenters. The van der Waals surface area contributed by atoms with Gasteiger partial charge in [-0.3, -0.25) is 14.4 Å². The minimum atomic E-state index is -0.777. The topological polar surface area (TPSA) is 78.9 Å². The quantitative estimate of drug-likeness (QED) is 0.0261. The second-order valence-corrected chi connectivity index (χ2v) is 20.2. The molecule has 0 aromatic carbocycles. The van der Waals surface area contributed by atoms with Crippen LogP contribution in [0.25, 0.3) is 0 Å². The number of carbonyl (C=O) groups is 3. The standard InChI is InChI=1S/C66H114O6/c1-4-7-10-13-16-19-21-23-25-27-28-29-30-31-32-33-34-35-36-37-38-39-41-42-44-47-50-53-56-59-65(68)71-62-63(61-70-64(67)58-55-52-49-46-18-15-12-9-6-3)72-66(69)60-57-54-51-48-45-43-40-26-24-22-20-17-14-11-8-5-2/h7,10,16,19,23,25,28-29,31-32,34-35,37-38,63H,4-6,8-9,11-15,17-18,20-22,24,26-27,30,33,36,39-62H2,1-3H3/b10-7-,19-16-,25-23-,29-28-,32-31-,35-34-,38-37-. The highest BCUT2D eigenvalue weighted by molar-refractivity contribution is 5.71. The van der Waals surface area contributed by atoms with E-state index in [-0.39, 0.29) is 31.1 Å². The van der Waals surface area contributed by atoms with Gasteiger partial charge in [0.05, 0.1) is 0 Å². The molecule has 0 fully saturated rings. The van der Waals surface area contributed by atoms with Gasteiger partial charge in [-0.25, -0.2) is 0 Å². The van der Waals surface area contributed by atoms with Gasteiger partial charge in [0.15, 0.2) is 6.10 Å². The summed E-state index contributed by atoms with van der Waals surface area (Å²) in [6.07, 6.45) is 78.7. The lowest BCUT2D eigenvalue weighted by Gasteiger charge is -2.18. The fourth-order valence-corrected chi connectivity index (χ4v) is 8.60. The average Bonchev–Trinajstić information content (AvgIpc) is 3.38. The molecule has 0 amide bonds. The number of esters is 3. The summed E-state index contributed by atoms with van der Waals surface area (Å²) >= 11 is 0. The Balaban J connectivity index is 4.22. The van der Waals surface area contributed by atoms with Gasteiger partial charge < -0.3 is 14.2 Å². The summed E-state index contributed by atoms with van der Waals surface area (Å²) < 4.78 is 16.8. The summed E-state index contributed by atoms with van der Waals surface area (Å²) in [7, 11) is 0. The molecule has 0 N–H and O–H groups in total. The molecule has 0 spiro atoms. The Kier molecular flexibility index (Phi) is 57.3. The van der Waals surface area contributed by atoms with Crippen molar-refractivity contribution in [3.63, 3.8) is 0 Å². The molecule has 0 aliphatic carbocycles. The van der Waals surface area contributed by atoms with E-state index in [9.17, 15) is 14.4 Å². The van der Waals surface area contributed by atoms with Gasteiger partial charge in [-0.1, -0.05) is 286 Å². The highest BCUT2D eigenvalue weighted by Crippen LogP contribution is 2.16. The zero-order valence-corrected chi connectivity index (χ0v) is 47.4. The van der Waals surface area contributed by atoms with Crippen LogP contribution in [0, 0.1) is 0 Å². The molecule has 414 valence electrons. The molecule has 0 radical (unpaired) electrons. The highest BCUT2D eigenvalue weighted by Gasteiger charge is 2.19. The summed E-state index contributed by atoms with van der Waals surface area (Å²) in [5, 5.41) is 0. The molecular weight excluding hydrogens is 889 g/mol. The van der Waals surface area contributed by atoms with E-state index < -0.39 is 6.10 Å². The maximum Gasteiger partial charge on any atom is 0.306 e. The Labute approximate surface area is 445 Å². The molecule has 0 saturated heterocycles. The van der Waals surface area contributed by atoms with Crippen LogP contribution >= 0.6 is 0 Å². The molecule has 0 rings (SSSR count). The van der Waals surface area contributed by atoms with Crippen LogP contribution in [0.15, 0.2) is 85.1 Å². The first-order chi connectivity index (χ1) is 35.5. The Morgan fingerprint density at radius 3 is 0.847 bits per heavy atom. The third-order valence-electron chi connectivity index (χ3n) is 13.2. The van der Waals surface area contributed by atoms with Gasteiger partial charge >= 0.3 is 17.9 Å². The van der Waals surface area contributed by atoms with Gasteiger partial charge in [-0.2, -0.15) is 0 Å². The molecule has 0 aromatic rings. The maximum atomic E-state index is 12.8. The van der Waals surface area contributed by atoms with Crippen LogP contribution in [0.5, 0.6) is 0 Å². The number of allylic oxidation sites excluding steroid dienone is 14. The predicted molar refractivity (Wildman–Crippen MR) is 311 cm³/mol. The Morgan fingerprint density at radius 2 is 0.542 bits per heavy atom. The molecule has 6 heteroatoms. The van der Waals surface area contributed by atoms with Crippen molar-refractivity contribution in [2.45, 2.75) is 303 Å². The zero-order chi connectivity index (χ0) is 52.2. The molecule has 0 aromatic heterocycles. The molecule has 0 heterocycles. The van der Waals surface area contributed by atoms with Crippen molar-refractivity contribution < 1.29 is 28.6 Å². The zero-order valence-electron chi connectivity index (χ0n) is 47.4. The van der Waals surface area contributed by atoms with Gasteiger partial charge in [0.2, 0.25) is 0 Å². The molecule has 0 bridgehead atoms. The molecule has 0 aliphatic heterocycles. The maximum absolute atomic E-state index is 12.8. The lowest BCUT2D eigenvalue weighted by atomic mass is 10.0. The van der Waals surface area contributed by atoms with Crippen LogP contribution in [0.1, 0.15) is 297 Å². The van der Waals surface area contributed by atoms with Crippen molar-refractivity contribution in [1.29, 1.82) is 0 Å². The van der Waals surface area contributed by atoms with Crippen LogP contribution < -0.4 is 0 Å². The summed E-state index contributed by atoms with van der Waals surface area (Å²) in [5.41, 5.74) is 0. The molecule has 0 saturated carbocycles. The van der Waals surface area contributed by atoms with E-state index in [0.29, 0.717) is 19.3 Å². The number of ether oxygens (including phenoxy) is 3. The first-order valence-electron chi connectivity index (χ1n) is 30.6. The third-order valence-corrected chi connectivity index (χ3v) is 13.2. The van der Waals surface area contributed by atoms with Gasteiger partial charge in [0.25, 0.3) is 0 Å². The number of carbonyl (C=O) groups excluding carboxylic acids is 3. The van der Waals surface area contributed by atoms with Crippen LogP contribution in [0.4, 0.5) is 0 Å². The lowest BCUT2D eigenvalue weighted by molar-refractivity contribution is -0.167. The fraction of sp³-hybridized carbons (Fsp3) is 0.742. The minimum absolute atomic E-state index is 0.0759. The van der Waals surface area contributed by atoms with Gasteiger partial charge in [-0.15, -0.1) is 0 Å². The summed E-state index contributed by atoms with van der Waals surface area (Å²) in [5.74, 6) is -0.879. The molecule has 1 atom stereocenters. The highest BCUT2D eigenvalue weighted by atomic mass is 16.6. The van der Waals surface area contributed by atoms with E-state index in [1.165, 1.54) is 148 Å². The normalized spacial score (nSPS) is 12.7. The van der Waals surface area contributed by atoms with Crippen LogP contribution in [-0.2, 0) is 28.6 Å². The van der Waals surface area contributed by atoms with Crippen molar-refractivity contribution in [2.24, 2.45) is 0 Å². The van der Waals surface area contributed by atoms with E-state index in [0.717, 1.165) is 109 Å². The fourth-order valence-electron chi connectivity index (χ4n) is 8.60. The first-order valence-corrected chi connectivity index (χ1v) is 30.6. The van der Waals surface area contributed by atoms with Crippen LogP contribution in [-0.4, -0.2) is 37.2 Å². The van der Waals surface area contributed by atoms with Crippen molar-refractivity contribution in [1.82, 2.24) is 0 Å². The van der Waals surface area contributed by atoms with Crippen LogP contribution in [0.3, 0.4) is 0 Å². The Morgan fingerprint density at radius 1 is 0.292 bits per heavy atom. The largest absolute Gasteiger partial charge is 0.462 e. The van der Waals surface area contributed by atoms with Gasteiger partial charge in [0.1, 0.15) is 13.2 Å². The third kappa shape index (κ3) is 57.5. The minimum Gasteiger partial charge on any atom is -0.462 e. The number of rotatable bonds is 55. The Hall–Kier alpha value is -3.41. The molecule has 0 aliphatic rings. The monoisotopic (exact) mass is 1000 g/mol. The number of unbranched alkanes of at least 4 members (excludes halogenated alkanes) is 30. The molecular formula is C66H114O6. The van der Waals surface area contributed by atoms with Gasteiger partial charge in [0, 0.05) is 19.3 Å². The van der Waals surface area contributed by atoms with E-state index in [2.05, 4.69) is 106 Å². The first kappa shape index (κ1) is 68.6. The summed E-state index contributed by atoms with van der Waals surface area (Å²) in [6, 6.07) is 0. The van der Waals surface area contributed by atoms with E-state index in [4.69, 9.17) is 14.2 Å². The second kappa shape index (κ2) is 60.1. The second-order valence-electron chi connectivity index (χ2n) is 20.2. The number of hydrogen-bond acceptors (Lipinski definition) is 6. The van der Waals surface area contributed by atoms with Crippen molar-refractivity contribution in [3.8, 4) is 0 Å². The molecule has 72 heavy (non-hydrogen) atoms. The van der Waals surface area contributed by atoms with E-state index >= 15 is 0 Å². The smallest absolute Gasteiger partial charge is 0.306 e. The molecule has 6 nitrogen and oxygen atoms in total. The van der Waals surface area contributed by atoms with E-state index in [1.54, 1.807) is 0 Å². The van der Waals surface area contributed by atoms with Crippen molar-refractivity contribution in [3.05, 3.63) is 85.1 Å². The van der Waals surface area contributed by atoms with E-state index in [1.807, 2.05) is 0 Å². The van der Waals surface area contributed by atoms with Gasteiger partial charge in [-0.05, 0) is 77.0 Å². The lowest BCUT2D eigenvalue weighted by Crippen LogP contribution is -2.30. The van der Waals surface area contributed by atoms with Crippen molar-refractivity contribution in [2.75, 3.05) is 13.2 Å². The summed E-state index contributed by atoms with van der Waals surface area (Å²) in [4.78, 5) is 38.1. The Bertz CT molecular complexity index is 1380.